The van der Waals surface area contributed by atoms with Crippen LogP contribution in [-0.2, 0) is 6.18 Å². The van der Waals surface area contributed by atoms with E-state index in [9.17, 15) is 18.0 Å². The van der Waals surface area contributed by atoms with E-state index in [4.69, 9.17) is 5.73 Å². The predicted molar refractivity (Wildman–Crippen MR) is 127 cm³/mol. The first-order valence-electron chi connectivity index (χ1n) is 10.9. The molecular formula is C24H19F4N7O. The number of amidine groups is 1. The summed E-state index contributed by atoms with van der Waals surface area (Å²) in [5, 5.41) is 2.87. The average Bonchev–Trinajstić information content (AvgIpc) is 3.33. The highest BCUT2D eigenvalue weighted by Gasteiger charge is 2.38. The number of aliphatic imine (C=N–C) groups is 1. The fourth-order valence-electron chi connectivity index (χ4n) is 4.46. The Hall–Kier alpha value is -4.35. The maximum atomic E-state index is 16.3. The number of nitrogens with two attached hydrogens (primary N) is 1. The molecule has 1 amide bonds. The van der Waals surface area contributed by atoms with E-state index in [1.807, 2.05) is 4.90 Å². The number of nitrogens with one attached hydrogen (secondary N) is 1. The fraction of sp³-hybridized carbons (Fsp3) is 0.208. The summed E-state index contributed by atoms with van der Waals surface area (Å²) in [7, 11) is 1.68. The Labute approximate surface area is 202 Å². The Morgan fingerprint density at radius 3 is 2.64 bits per heavy atom. The molecule has 3 aromatic rings. The third kappa shape index (κ3) is 3.65. The average molecular weight is 497 g/mol. The Morgan fingerprint density at radius 1 is 1.17 bits per heavy atom. The fourth-order valence-corrected chi connectivity index (χ4v) is 4.46. The number of primary amides is 1. The third-order valence-electron chi connectivity index (χ3n) is 6.04. The van der Waals surface area contributed by atoms with Crippen LogP contribution in [0.1, 0.15) is 32.7 Å². The minimum absolute atomic E-state index is 0.0499. The summed E-state index contributed by atoms with van der Waals surface area (Å²) in [5.41, 5.74) is 3.78. The number of amides is 1. The van der Waals surface area contributed by atoms with Crippen LogP contribution < -0.4 is 16.0 Å². The van der Waals surface area contributed by atoms with E-state index in [0.29, 0.717) is 53.5 Å². The van der Waals surface area contributed by atoms with Gasteiger partial charge in [-0.3, -0.25) is 14.8 Å². The largest absolute Gasteiger partial charge is 0.417 e. The topological polar surface area (TPSA) is 109 Å². The molecule has 0 saturated heterocycles. The molecule has 0 aliphatic carbocycles. The molecule has 2 aromatic heterocycles. The number of hydrogen-bond acceptors (Lipinski definition) is 7. The Morgan fingerprint density at radius 2 is 1.94 bits per heavy atom. The van der Waals surface area contributed by atoms with Crippen LogP contribution in [-0.4, -0.2) is 46.8 Å². The van der Waals surface area contributed by atoms with Gasteiger partial charge in [0.15, 0.2) is 0 Å². The van der Waals surface area contributed by atoms with Gasteiger partial charge in [-0.2, -0.15) is 18.2 Å². The van der Waals surface area contributed by atoms with Gasteiger partial charge < -0.3 is 16.0 Å². The van der Waals surface area contributed by atoms with Gasteiger partial charge in [-0.15, -0.1) is 0 Å². The molecule has 1 aromatic carbocycles. The highest BCUT2D eigenvalue weighted by Crippen LogP contribution is 2.43. The molecule has 36 heavy (non-hydrogen) atoms. The predicted octanol–water partition coefficient (Wildman–Crippen LogP) is 3.92. The van der Waals surface area contributed by atoms with E-state index in [-0.39, 0.29) is 5.56 Å². The van der Waals surface area contributed by atoms with Gasteiger partial charge in [0.25, 0.3) is 5.91 Å². The highest BCUT2D eigenvalue weighted by molar-refractivity contribution is 6.36. The van der Waals surface area contributed by atoms with Crippen LogP contribution in [0.2, 0.25) is 0 Å². The zero-order chi connectivity index (χ0) is 25.8. The maximum absolute atomic E-state index is 16.3. The van der Waals surface area contributed by atoms with E-state index in [0.717, 1.165) is 6.20 Å². The summed E-state index contributed by atoms with van der Waals surface area (Å²) in [6.45, 7) is 2.56. The summed E-state index contributed by atoms with van der Waals surface area (Å²) in [4.78, 5) is 30.8. The molecule has 5 rings (SSSR count). The van der Waals surface area contributed by atoms with Crippen molar-refractivity contribution in [2.45, 2.75) is 13.1 Å². The van der Waals surface area contributed by atoms with Crippen molar-refractivity contribution >= 4 is 35.2 Å². The van der Waals surface area contributed by atoms with Crippen molar-refractivity contribution in [2.75, 3.05) is 30.4 Å². The number of hydrogen-bond donors (Lipinski definition) is 2. The van der Waals surface area contributed by atoms with Gasteiger partial charge in [0, 0.05) is 53.8 Å². The Balaban J connectivity index is 1.78. The highest BCUT2D eigenvalue weighted by atomic mass is 19.4. The number of carbonyl (C=O) groups is 1. The zero-order valence-electron chi connectivity index (χ0n) is 19.1. The van der Waals surface area contributed by atoms with E-state index in [2.05, 4.69) is 25.3 Å². The first-order chi connectivity index (χ1) is 17.1. The summed E-state index contributed by atoms with van der Waals surface area (Å²) >= 11 is 0. The molecule has 184 valence electrons. The number of halogens is 4. The molecule has 12 heteroatoms. The van der Waals surface area contributed by atoms with E-state index in [1.165, 1.54) is 12.1 Å². The summed E-state index contributed by atoms with van der Waals surface area (Å²) < 4.78 is 57.9. The number of pyridine rings is 1. The second-order valence-corrected chi connectivity index (χ2v) is 8.20. The normalized spacial score (nSPS) is 14.7. The lowest BCUT2D eigenvalue weighted by atomic mass is 9.89. The summed E-state index contributed by atoms with van der Waals surface area (Å²) in [6.07, 6.45) is -0.815. The minimum atomic E-state index is -4.88. The number of fused-ring (bicyclic) bond motifs is 3. The second-order valence-electron chi connectivity index (χ2n) is 8.20. The Kier molecular flexibility index (Phi) is 5.46. The van der Waals surface area contributed by atoms with Crippen LogP contribution in [0.5, 0.6) is 0 Å². The van der Waals surface area contributed by atoms with Crippen molar-refractivity contribution in [3.8, 4) is 11.1 Å². The first kappa shape index (κ1) is 23.4. The van der Waals surface area contributed by atoms with Gasteiger partial charge >= 0.3 is 6.18 Å². The molecule has 2 aliphatic heterocycles. The lowest BCUT2D eigenvalue weighted by Crippen LogP contribution is -2.33. The summed E-state index contributed by atoms with van der Waals surface area (Å²) in [5.74, 6) is -0.720. The quantitative estimate of drug-likeness (QED) is 0.529. The second kappa shape index (κ2) is 8.40. The van der Waals surface area contributed by atoms with Crippen LogP contribution >= 0.6 is 0 Å². The lowest BCUT2D eigenvalue weighted by Gasteiger charge is -2.28. The third-order valence-corrected chi connectivity index (χ3v) is 6.04. The molecule has 4 heterocycles. The van der Waals surface area contributed by atoms with Crippen molar-refractivity contribution in [3.63, 3.8) is 0 Å². The van der Waals surface area contributed by atoms with Crippen molar-refractivity contribution < 1.29 is 22.4 Å². The molecule has 0 atom stereocenters. The molecule has 0 radical (unpaired) electrons. The minimum Gasteiger partial charge on any atom is -0.364 e. The van der Waals surface area contributed by atoms with E-state index in [1.54, 1.807) is 26.2 Å². The van der Waals surface area contributed by atoms with Crippen LogP contribution in [0.25, 0.3) is 22.8 Å². The van der Waals surface area contributed by atoms with Crippen molar-refractivity contribution in [1.82, 2.24) is 15.0 Å². The molecular weight excluding hydrogens is 478 g/mol. The molecule has 0 spiro atoms. The number of benzene rings is 1. The van der Waals surface area contributed by atoms with Crippen molar-refractivity contribution in [3.05, 3.63) is 64.4 Å². The van der Waals surface area contributed by atoms with Crippen LogP contribution in [0.4, 0.5) is 29.3 Å². The molecule has 3 N–H and O–H groups in total. The number of rotatable bonds is 4. The SMILES string of the molecule is CNc1ncc2c(n1)N1CCN=C1C(c1c(C)ccc(-c3c(C(F)(F)F)ccnc3C(N)=O)c1F)=C2. The number of alkyl halides is 3. The molecule has 0 fully saturated rings. The van der Waals surface area contributed by atoms with Gasteiger partial charge in [0.1, 0.15) is 23.2 Å². The number of anilines is 2. The molecule has 0 unspecified atom stereocenters. The van der Waals surface area contributed by atoms with Gasteiger partial charge in [-0.05, 0) is 24.6 Å². The van der Waals surface area contributed by atoms with Crippen molar-refractivity contribution in [2.24, 2.45) is 10.7 Å². The van der Waals surface area contributed by atoms with Gasteiger partial charge in [-0.1, -0.05) is 12.1 Å². The zero-order valence-corrected chi connectivity index (χ0v) is 19.1. The standard InChI is InChI=1S/C24H19F4N7O/c1-11-3-4-13(17-15(24(26,27)28)5-6-31-19(17)20(29)36)18(25)16(11)14-9-12-10-33-23(30-2)34-21(12)35-8-7-32-22(14)35/h3-6,9-10H,7-8H2,1-2H3,(H2,29,36)(H,30,33,34). The molecule has 0 bridgehead atoms. The van der Waals surface area contributed by atoms with Crippen LogP contribution in [0.3, 0.4) is 0 Å². The molecule has 0 saturated carbocycles. The van der Waals surface area contributed by atoms with Crippen LogP contribution in [0.15, 0.2) is 35.6 Å². The summed E-state index contributed by atoms with van der Waals surface area (Å²) in [6, 6.07) is 3.37. The number of aryl methyl sites for hydroxylation is 1. The number of aromatic nitrogens is 3. The maximum Gasteiger partial charge on any atom is 0.417 e. The van der Waals surface area contributed by atoms with E-state index >= 15 is 4.39 Å². The van der Waals surface area contributed by atoms with Gasteiger partial charge in [-0.25, -0.2) is 9.37 Å². The first-order valence-corrected chi connectivity index (χ1v) is 10.9. The van der Waals surface area contributed by atoms with Crippen molar-refractivity contribution in [1.29, 1.82) is 0 Å². The lowest BCUT2D eigenvalue weighted by molar-refractivity contribution is -0.137. The smallest absolute Gasteiger partial charge is 0.364 e. The number of carbonyl (C=O) groups excluding carboxylic acids is 1. The van der Waals surface area contributed by atoms with Gasteiger partial charge in [0.2, 0.25) is 5.95 Å². The Bertz CT molecular complexity index is 1480. The van der Waals surface area contributed by atoms with Crippen LogP contribution in [0, 0.1) is 12.7 Å². The van der Waals surface area contributed by atoms with Gasteiger partial charge in [0.05, 0.1) is 12.1 Å². The number of nitrogens with zero attached hydrogens (tertiary/aromatic N) is 5. The molecule has 2 aliphatic rings. The van der Waals surface area contributed by atoms with E-state index < -0.39 is 40.3 Å². The monoisotopic (exact) mass is 497 g/mol. The molecule has 8 nitrogen and oxygen atoms in total.